The van der Waals surface area contributed by atoms with E-state index < -0.39 is 4.92 Å². The maximum Gasteiger partial charge on any atom is 0.272 e. The van der Waals surface area contributed by atoms with Gasteiger partial charge in [-0.05, 0) is 38.1 Å². The van der Waals surface area contributed by atoms with Crippen molar-refractivity contribution in [1.29, 1.82) is 0 Å². The van der Waals surface area contributed by atoms with Gasteiger partial charge in [0.2, 0.25) is 0 Å². The lowest BCUT2D eigenvalue weighted by atomic mass is 10.1. The van der Waals surface area contributed by atoms with E-state index in [1.54, 1.807) is 24.3 Å². The Hall–Kier alpha value is -3.52. The van der Waals surface area contributed by atoms with Crippen molar-refractivity contribution in [3.8, 4) is 11.3 Å². The number of thiazole rings is 1. The van der Waals surface area contributed by atoms with Gasteiger partial charge < -0.3 is 5.32 Å². The van der Waals surface area contributed by atoms with Gasteiger partial charge in [0, 0.05) is 45.7 Å². The third-order valence-electron chi connectivity index (χ3n) is 4.46. The van der Waals surface area contributed by atoms with Crippen molar-refractivity contribution in [3.05, 3.63) is 81.0 Å². The minimum Gasteiger partial charge on any atom is -0.322 e. The van der Waals surface area contributed by atoms with Crippen LogP contribution in [0.25, 0.3) is 16.2 Å². The molecule has 4 aromatic rings. The largest absolute Gasteiger partial charge is 0.322 e. The summed E-state index contributed by atoms with van der Waals surface area (Å²) in [7, 11) is 0. The molecule has 2 heterocycles. The molecule has 0 unspecified atom stereocenters. The SMILES string of the molecule is Cc1cc(C(=O)Nc2cccc(-c3cn4c(C)csc4n3)c2)ccc1[N+](=O)[O-]. The Morgan fingerprint density at radius 1 is 1.21 bits per heavy atom. The van der Waals surface area contributed by atoms with Crippen molar-refractivity contribution < 1.29 is 9.72 Å². The number of anilines is 1. The van der Waals surface area contributed by atoms with Gasteiger partial charge in [-0.25, -0.2) is 4.98 Å². The number of benzene rings is 2. The number of rotatable bonds is 4. The predicted molar refractivity (Wildman–Crippen MR) is 109 cm³/mol. The summed E-state index contributed by atoms with van der Waals surface area (Å²) in [6, 6.07) is 11.8. The van der Waals surface area contributed by atoms with Crippen LogP contribution in [0.15, 0.2) is 54.0 Å². The average Bonchev–Trinajstić information content (AvgIpc) is 3.24. The van der Waals surface area contributed by atoms with E-state index in [0.717, 1.165) is 21.9 Å². The second-order valence-corrected chi connectivity index (χ2v) is 7.29. The zero-order chi connectivity index (χ0) is 19.8. The molecule has 8 heteroatoms. The molecule has 28 heavy (non-hydrogen) atoms. The number of nitro benzene ring substituents is 1. The first-order valence-electron chi connectivity index (χ1n) is 8.52. The highest BCUT2D eigenvalue weighted by atomic mass is 32.1. The number of hydrogen-bond donors (Lipinski definition) is 1. The summed E-state index contributed by atoms with van der Waals surface area (Å²) in [4.78, 5) is 28.6. The van der Waals surface area contributed by atoms with Gasteiger partial charge in [-0.15, -0.1) is 11.3 Å². The van der Waals surface area contributed by atoms with Crippen LogP contribution in [0.3, 0.4) is 0 Å². The van der Waals surface area contributed by atoms with Gasteiger partial charge in [0.1, 0.15) is 0 Å². The predicted octanol–water partition coefficient (Wildman–Crippen LogP) is 4.84. The van der Waals surface area contributed by atoms with Gasteiger partial charge in [-0.3, -0.25) is 19.3 Å². The number of imidazole rings is 1. The van der Waals surface area contributed by atoms with Crippen LogP contribution in [0.1, 0.15) is 21.6 Å². The average molecular weight is 392 g/mol. The van der Waals surface area contributed by atoms with Crippen molar-refractivity contribution in [2.24, 2.45) is 0 Å². The Morgan fingerprint density at radius 2 is 2.04 bits per heavy atom. The Balaban J connectivity index is 1.58. The maximum absolute atomic E-state index is 12.5. The number of amides is 1. The summed E-state index contributed by atoms with van der Waals surface area (Å²) in [5.74, 6) is -0.322. The van der Waals surface area contributed by atoms with Crippen LogP contribution in [0.2, 0.25) is 0 Å². The third-order valence-corrected chi connectivity index (χ3v) is 5.42. The zero-order valence-corrected chi connectivity index (χ0v) is 16.0. The zero-order valence-electron chi connectivity index (χ0n) is 15.2. The van der Waals surface area contributed by atoms with E-state index in [1.807, 2.05) is 35.7 Å². The fourth-order valence-corrected chi connectivity index (χ4v) is 3.84. The van der Waals surface area contributed by atoms with Gasteiger partial charge in [0.25, 0.3) is 11.6 Å². The molecule has 4 rings (SSSR count). The van der Waals surface area contributed by atoms with Crippen molar-refractivity contribution in [1.82, 2.24) is 9.38 Å². The molecule has 2 aromatic carbocycles. The minimum atomic E-state index is -0.460. The maximum atomic E-state index is 12.5. The lowest BCUT2D eigenvalue weighted by molar-refractivity contribution is -0.385. The van der Waals surface area contributed by atoms with Crippen molar-refractivity contribution in [3.63, 3.8) is 0 Å². The van der Waals surface area contributed by atoms with Crippen molar-refractivity contribution >= 4 is 33.6 Å². The van der Waals surface area contributed by atoms with Gasteiger partial charge in [0.15, 0.2) is 4.96 Å². The number of carbonyl (C=O) groups excluding carboxylic acids is 1. The highest BCUT2D eigenvalue weighted by molar-refractivity contribution is 7.15. The topological polar surface area (TPSA) is 89.5 Å². The molecule has 0 bridgehead atoms. The molecule has 0 aliphatic rings. The second kappa shape index (κ2) is 6.90. The number of nitro groups is 1. The molecule has 0 saturated carbocycles. The molecule has 0 aliphatic carbocycles. The lowest BCUT2D eigenvalue weighted by Crippen LogP contribution is -2.12. The fraction of sp³-hybridized carbons (Fsp3) is 0.100. The van der Waals surface area contributed by atoms with Crippen LogP contribution in [0.5, 0.6) is 0 Å². The Labute approximate surface area is 164 Å². The highest BCUT2D eigenvalue weighted by Gasteiger charge is 2.14. The van der Waals surface area contributed by atoms with E-state index in [2.05, 4.69) is 15.7 Å². The summed E-state index contributed by atoms with van der Waals surface area (Å²) in [6.07, 6.45) is 1.97. The summed E-state index contributed by atoms with van der Waals surface area (Å²) in [5, 5.41) is 15.8. The monoisotopic (exact) mass is 392 g/mol. The first-order chi connectivity index (χ1) is 13.4. The normalized spacial score (nSPS) is 10.9. The van der Waals surface area contributed by atoms with E-state index in [1.165, 1.54) is 18.2 Å². The number of aryl methyl sites for hydroxylation is 2. The number of hydrogen-bond acceptors (Lipinski definition) is 5. The van der Waals surface area contributed by atoms with Crippen LogP contribution in [0.4, 0.5) is 11.4 Å². The van der Waals surface area contributed by atoms with Crippen LogP contribution in [-0.2, 0) is 0 Å². The quantitative estimate of drug-likeness (QED) is 0.397. The van der Waals surface area contributed by atoms with Crippen molar-refractivity contribution in [2.45, 2.75) is 13.8 Å². The molecule has 0 fully saturated rings. The molecular formula is C20H16N4O3S. The lowest BCUT2D eigenvalue weighted by Gasteiger charge is -2.07. The van der Waals surface area contributed by atoms with E-state index in [9.17, 15) is 14.9 Å². The Morgan fingerprint density at radius 3 is 2.75 bits per heavy atom. The molecule has 7 nitrogen and oxygen atoms in total. The molecule has 1 amide bonds. The second-order valence-electron chi connectivity index (χ2n) is 6.45. The summed E-state index contributed by atoms with van der Waals surface area (Å²) in [5.41, 5.74) is 4.29. The molecule has 140 valence electrons. The Bertz CT molecular complexity index is 1230. The minimum absolute atomic E-state index is 0.00593. The molecule has 1 N–H and O–H groups in total. The van der Waals surface area contributed by atoms with Gasteiger partial charge >= 0.3 is 0 Å². The number of nitrogens with zero attached hydrogens (tertiary/aromatic N) is 3. The highest BCUT2D eigenvalue weighted by Crippen LogP contribution is 2.26. The third kappa shape index (κ3) is 3.25. The van der Waals surface area contributed by atoms with E-state index in [4.69, 9.17) is 0 Å². The number of aromatic nitrogens is 2. The smallest absolute Gasteiger partial charge is 0.272 e. The summed E-state index contributed by atoms with van der Waals surface area (Å²) in [6.45, 7) is 3.64. The van der Waals surface area contributed by atoms with Crippen LogP contribution in [0, 0.1) is 24.0 Å². The van der Waals surface area contributed by atoms with Crippen LogP contribution < -0.4 is 5.32 Å². The molecular weight excluding hydrogens is 376 g/mol. The first kappa shape index (κ1) is 17.9. The standard InChI is InChI=1S/C20H16N4O3S/c1-12-8-15(6-7-18(12)24(26)27)19(25)21-16-5-3-4-14(9-16)17-10-23-13(2)11-28-20(23)22-17/h3-11H,1-2H3,(H,21,25). The Kier molecular flexibility index (Phi) is 4.40. The fourth-order valence-electron chi connectivity index (χ4n) is 2.99. The van der Waals surface area contributed by atoms with Gasteiger partial charge in [-0.1, -0.05) is 12.1 Å². The number of fused-ring (bicyclic) bond motifs is 1. The van der Waals surface area contributed by atoms with Crippen LogP contribution >= 0.6 is 11.3 Å². The molecule has 0 saturated heterocycles. The molecule has 0 radical (unpaired) electrons. The first-order valence-corrected chi connectivity index (χ1v) is 9.40. The van der Waals surface area contributed by atoms with Crippen molar-refractivity contribution in [2.75, 3.05) is 5.32 Å². The van der Waals surface area contributed by atoms with Gasteiger partial charge in [-0.2, -0.15) is 0 Å². The van der Waals surface area contributed by atoms with E-state index >= 15 is 0 Å². The summed E-state index contributed by atoms with van der Waals surface area (Å²) < 4.78 is 2.03. The number of carbonyl (C=O) groups is 1. The molecule has 0 spiro atoms. The number of nitrogens with one attached hydrogen (secondary N) is 1. The molecule has 0 atom stereocenters. The van der Waals surface area contributed by atoms with Crippen LogP contribution in [-0.4, -0.2) is 20.2 Å². The molecule has 0 aliphatic heterocycles. The van der Waals surface area contributed by atoms with E-state index in [0.29, 0.717) is 16.8 Å². The van der Waals surface area contributed by atoms with E-state index in [-0.39, 0.29) is 11.6 Å². The molecule has 2 aromatic heterocycles. The summed E-state index contributed by atoms with van der Waals surface area (Å²) >= 11 is 1.58. The van der Waals surface area contributed by atoms with Gasteiger partial charge in [0.05, 0.1) is 10.6 Å².